The largest absolute Gasteiger partial charge is 0.341 e. The summed E-state index contributed by atoms with van der Waals surface area (Å²) in [6, 6.07) is 17.7. The van der Waals surface area contributed by atoms with E-state index in [2.05, 4.69) is 65.9 Å². The zero-order valence-electron chi connectivity index (χ0n) is 27.8. The number of likely N-dealkylation sites (tertiary alicyclic amines) is 2. The van der Waals surface area contributed by atoms with Crippen molar-refractivity contribution in [3.05, 3.63) is 94.8 Å². The molecule has 0 saturated carbocycles. The van der Waals surface area contributed by atoms with Crippen LogP contribution >= 0.6 is 0 Å². The van der Waals surface area contributed by atoms with E-state index in [-0.39, 0.29) is 24.0 Å². The molecule has 47 heavy (non-hydrogen) atoms. The van der Waals surface area contributed by atoms with Crippen LogP contribution in [0.15, 0.2) is 67.0 Å². The van der Waals surface area contributed by atoms with Gasteiger partial charge in [-0.2, -0.15) is 0 Å². The third kappa shape index (κ3) is 7.61. The van der Waals surface area contributed by atoms with Crippen LogP contribution in [0.2, 0.25) is 0 Å². The van der Waals surface area contributed by atoms with E-state index in [1.54, 1.807) is 0 Å². The van der Waals surface area contributed by atoms with Gasteiger partial charge in [-0.15, -0.1) is 0 Å². The number of aromatic nitrogens is 1. The zero-order valence-corrected chi connectivity index (χ0v) is 27.8. The lowest BCUT2D eigenvalue weighted by Crippen LogP contribution is -2.56. The maximum atomic E-state index is 14.1. The van der Waals surface area contributed by atoms with Gasteiger partial charge in [0.1, 0.15) is 6.04 Å². The zero-order chi connectivity index (χ0) is 32.8. The number of carbonyl (C=O) groups excluding carboxylic acids is 3. The molecule has 0 bridgehead atoms. The fraction of sp³-hybridized carbons (Fsp3) is 0.474. The number of amides is 5. The number of fused-ring (bicyclic) bond motifs is 1. The van der Waals surface area contributed by atoms with Crippen LogP contribution in [0.5, 0.6) is 0 Å². The number of nitrogens with zero attached hydrogens (tertiary/aromatic N) is 4. The lowest BCUT2D eigenvalue weighted by Gasteiger charge is -2.39. The second-order valence-corrected chi connectivity index (χ2v) is 13.1. The quantitative estimate of drug-likeness (QED) is 0.327. The highest BCUT2D eigenvalue weighted by Crippen LogP contribution is 2.29. The number of nitrogens with one attached hydrogen (secondary N) is 2. The SMILES string of the molecule is CCc1ccc(CC(NC(=O)N2CCC(N3CCc4ccccc4NC3=O)CC2)C(=O)N2CCC(c3ccncc3)CC2)cc1CC. The predicted molar refractivity (Wildman–Crippen MR) is 184 cm³/mol. The number of rotatable bonds is 8. The Labute approximate surface area is 278 Å². The number of aryl methyl sites for hydroxylation is 2. The van der Waals surface area contributed by atoms with E-state index in [1.165, 1.54) is 16.7 Å². The van der Waals surface area contributed by atoms with Crippen molar-refractivity contribution >= 4 is 23.7 Å². The molecule has 4 heterocycles. The summed E-state index contributed by atoms with van der Waals surface area (Å²) in [5, 5.41) is 6.23. The molecule has 2 saturated heterocycles. The van der Waals surface area contributed by atoms with Crippen LogP contribution in [0.25, 0.3) is 0 Å². The molecule has 2 N–H and O–H groups in total. The van der Waals surface area contributed by atoms with Gasteiger partial charge in [-0.3, -0.25) is 9.78 Å². The number of benzene rings is 2. The van der Waals surface area contributed by atoms with Crippen LogP contribution in [0.4, 0.5) is 15.3 Å². The standard InChI is InChI=1S/C38H48N6O3/c1-3-28-10-9-27(25-29(28)4-2)26-35(36(45)42-20-13-31(14-21-42)30-11-18-39-19-12-30)41-37(46)43-22-16-33(17-23-43)44-24-15-32-7-5-6-8-34(32)40-38(44)47/h5-12,18-19,25,31,33,35H,3-4,13-17,20-24,26H2,1-2H3,(H,40,47)(H,41,46). The molecule has 2 fully saturated rings. The van der Waals surface area contributed by atoms with E-state index in [1.807, 2.05) is 45.3 Å². The minimum absolute atomic E-state index is 0.0140. The van der Waals surface area contributed by atoms with Crippen LogP contribution in [0.3, 0.4) is 0 Å². The second kappa shape index (κ2) is 15.0. The van der Waals surface area contributed by atoms with Crippen LogP contribution < -0.4 is 10.6 Å². The van der Waals surface area contributed by atoms with E-state index in [0.717, 1.165) is 48.9 Å². The first kappa shape index (κ1) is 32.5. The Hall–Kier alpha value is -4.40. The lowest BCUT2D eigenvalue weighted by atomic mass is 9.89. The first-order valence-electron chi connectivity index (χ1n) is 17.4. The number of para-hydroxylation sites is 1. The summed E-state index contributed by atoms with van der Waals surface area (Å²) in [5.74, 6) is 0.394. The Morgan fingerprint density at radius 1 is 0.872 bits per heavy atom. The van der Waals surface area contributed by atoms with Crippen molar-refractivity contribution in [2.45, 2.75) is 83.2 Å². The summed E-state index contributed by atoms with van der Waals surface area (Å²) in [5.41, 5.74) is 6.98. The number of piperidine rings is 2. The average Bonchev–Trinajstić information content (AvgIpc) is 3.29. The highest BCUT2D eigenvalue weighted by atomic mass is 16.2. The molecule has 0 spiro atoms. The second-order valence-electron chi connectivity index (χ2n) is 13.1. The van der Waals surface area contributed by atoms with Crippen molar-refractivity contribution in [2.24, 2.45) is 0 Å². The smallest absolute Gasteiger partial charge is 0.322 e. The number of anilines is 1. The summed E-state index contributed by atoms with van der Waals surface area (Å²) in [7, 11) is 0. The molecular formula is C38H48N6O3. The van der Waals surface area contributed by atoms with Gasteiger partial charge in [-0.1, -0.05) is 50.2 Å². The maximum Gasteiger partial charge on any atom is 0.322 e. The van der Waals surface area contributed by atoms with Gasteiger partial charge in [-0.05, 0) is 96.9 Å². The molecule has 2 aromatic carbocycles. The topological polar surface area (TPSA) is 97.9 Å². The summed E-state index contributed by atoms with van der Waals surface area (Å²) in [6.45, 7) is 7.39. The molecule has 1 unspecified atom stereocenters. The molecule has 0 aliphatic carbocycles. The molecule has 9 nitrogen and oxygen atoms in total. The fourth-order valence-corrected chi connectivity index (χ4v) is 7.56. The minimum Gasteiger partial charge on any atom is -0.341 e. The van der Waals surface area contributed by atoms with Gasteiger partial charge in [0, 0.05) is 63.3 Å². The van der Waals surface area contributed by atoms with E-state index in [0.29, 0.717) is 57.9 Å². The highest BCUT2D eigenvalue weighted by molar-refractivity contribution is 5.91. The Kier molecular flexibility index (Phi) is 10.4. The van der Waals surface area contributed by atoms with Gasteiger partial charge in [0.25, 0.3) is 0 Å². The average molecular weight is 637 g/mol. The molecule has 3 aromatic rings. The van der Waals surface area contributed by atoms with E-state index >= 15 is 0 Å². The van der Waals surface area contributed by atoms with Crippen molar-refractivity contribution in [1.29, 1.82) is 0 Å². The molecule has 3 aliphatic rings. The van der Waals surface area contributed by atoms with Crippen molar-refractivity contribution in [3.63, 3.8) is 0 Å². The molecule has 1 atom stereocenters. The monoisotopic (exact) mass is 636 g/mol. The van der Waals surface area contributed by atoms with Gasteiger partial charge >= 0.3 is 12.1 Å². The third-order valence-corrected chi connectivity index (χ3v) is 10.4. The fourth-order valence-electron chi connectivity index (χ4n) is 7.56. The van der Waals surface area contributed by atoms with E-state index in [9.17, 15) is 14.4 Å². The minimum atomic E-state index is -0.648. The summed E-state index contributed by atoms with van der Waals surface area (Å²) in [6.07, 6.45) is 10.0. The molecule has 5 amide bonds. The van der Waals surface area contributed by atoms with Crippen LogP contribution in [0.1, 0.15) is 73.3 Å². The van der Waals surface area contributed by atoms with Gasteiger partial charge in [0.15, 0.2) is 0 Å². The molecule has 0 radical (unpaired) electrons. The number of pyridine rings is 1. The normalized spacial score (nSPS) is 18.3. The number of urea groups is 2. The van der Waals surface area contributed by atoms with Crippen LogP contribution in [0, 0.1) is 0 Å². The van der Waals surface area contributed by atoms with Gasteiger partial charge in [0.05, 0.1) is 0 Å². The summed E-state index contributed by atoms with van der Waals surface area (Å²) in [4.78, 5) is 50.8. The van der Waals surface area contributed by atoms with Gasteiger partial charge < -0.3 is 25.3 Å². The molecule has 6 rings (SSSR count). The first-order valence-corrected chi connectivity index (χ1v) is 17.4. The molecule has 248 valence electrons. The summed E-state index contributed by atoms with van der Waals surface area (Å²) < 4.78 is 0. The Balaban J connectivity index is 1.10. The highest BCUT2D eigenvalue weighted by Gasteiger charge is 2.34. The van der Waals surface area contributed by atoms with E-state index in [4.69, 9.17) is 0 Å². The lowest BCUT2D eigenvalue weighted by molar-refractivity contribution is -0.134. The Bertz CT molecular complexity index is 1550. The molecule has 3 aliphatic heterocycles. The van der Waals surface area contributed by atoms with Crippen molar-refractivity contribution < 1.29 is 14.4 Å². The number of carbonyl (C=O) groups is 3. The molecule has 9 heteroatoms. The number of hydrogen-bond donors (Lipinski definition) is 2. The van der Waals surface area contributed by atoms with Crippen molar-refractivity contribution in [3.8, 4) is 0 Å². The molecule has 1 aromatic heterocycles. The van der Waals surface area contributed by atoms with Crippen molar-refractivity contribution in [1.82, 2.24) is 25.0 Å². The van der Waals surface area contributed by atoms with Crippen LogP contribution in [-0.2, 0) is 30.5 Å². The predicted octanol–water partition coefficient (Wildman–Crippen LogP) is 5.79. The van der Waals surface area contributed by atoms with Gasteiger partial charge in [-0.25, -0.2) is 9.59 Å². The Morgan fingerprint density at radius 3 is 2.30 bits per heavy atom. The number of hydrogen-bond acceptors (Lipinski definition) is 4. The van der Waals surface area contributed by atoms with E-state index < -0.39 is 6.04 Å². The third-order valence-electron chi connectivity index (χ3n) is 10.4. The van der Waals surface area contributed by atoms with Gasteiger partial charge in [0.2, 0.25) is 5.91 Å². The first-order chi connectivity index (χ1) is 22.9. The molecular weight excluding hydrogens is 588 g/mol. The van der Waals surface area contributed by atoms with Crippen molar-refractivity contribution in [2.75, 3.05) is 38.0 Å². The maximum absolute atomic E-state index is 14.1. The Morgan fingerprint density at radius 2 is 1.57 bits per heavy atom. The summed E-state index contributed by atoms with van der Waals surface area (Å²) >= 11 is 0. The van der Waals surface area contributed by atoms with Crippen LogP contribution in [-0.4, -0.2) is 82.5 Å².